The molecule has 144 valence electrons. The number of aromatic nitrogens is 2. The second kappa shape index (κ2) is 8.10. The van der Waals surface area contributed by atoms with Gasteiger partial charge in [0.1, 0.15) is 28.4 Å². The molecule has 0 saturated carbocycles. The molecule has 0 amide bonds. The average molecular weight is 395 g/mol. The van der Waals surface area contributed by atoms with Crippen LogP contribution in [0.3, 0.4) is 0 Å². The van der Waals surface area contributed by atoms with Crippen molar-refractivity contribution in [3.8, 4) is 17.0 Å². The molecule has 0 saturated heterocycles. The zero-order chi connectivity index (χ0) is 19.4. The highest BCUT2D eigenvalue weighted by molar-refractivity contribution is 7.17. The van der Waals surface area contributed by atoms with Gasteiger partial charge in [0.15, 0.2) is 5.58 Å². The van der Waals surface area contributed by atoms with Gasteiger partial charge in [0.2, 0.25) is 0 Å². The normalized spacial score (nSPS) is 13.5. The number of fused-ring (bicyclic) bond motifs is 1. The molecule has 4 aromatic rings. The zero-order valence-electron chi connectivity index (χ0n) is 15.5. The quantitative estimate of drug-likeness (QED) is 0.471. The number of benzene rings is 1. The molecule has 0 unspecified atom stereocenters. The Morgan fingerprint density at radius 1 is 1.21 bits per heavy atom. The summed E-state index contributed by atoms with van der Waals surface area (Å²) in [6.45, 7) is 3.00. The highest BCUT2D eigenvalue weighted by atomic mass is 32.1. The third-order valence-electron chi connectivity index (χ3n) is 4.32. The number of rotatable bonds is 8. The fourth-order valence-corrected chi connectivity index (χ4v) is 3.68. The summed E-state index contributed by atoms with van der Waals surface area (Å²) >= 11 is 1.60. The molecule has 0 spiro atoms. The minimum Gasteiger partial charge on any atom is -0.491 e. The lowest BCUT2D eigenvalue weighted by Gasteiger charge is -2.24. The number of thiophene rings is 1. The predicted molar refractivity (Wildman–Crippen MR) is 109 cm³/mol. The molecule has 1 aromatic carbocycles. The predicted octanol–water partition coefficient (Wildman–Crippen LogP) is 3.87. The third-order valence-corrected chi connectivity index (χ3v) is 5.22. The molecular formula is C21H21N3O3S. The maximum Gasteiger partial charge on any atom is 0.178 e. The van der Waals surface area contributed by atoms with Crippen molar-refractivity contribution in [3.05, 3.63) is 65.8 Å². The van der Waals surface area contributed by atoms with Gasteiger partial charge in [0, 0.05) is 31.0 Å². The molecule has 0 aliphatic rings. The van der Waals surface area contributed by atoms with Crippen molar-refractivity contribution < 1.29 is 14.4 Å². The average Bonchev–Trinajstić information content (AvgIpc) is 3.31. The maximum atomic E-state index is 10.6. The lowest BCUT2D eigenvalue weighted by molar-refractivity contribution is 0.0121. The number of pyridine rings is 1. The Kier molecular flexibility index (Phi) is 5.38. The standard InChI is InChI=1S/C21H21N3O3S/c1-21(25,13-23-12-15-5-8-22-9-6-15)14-26-17-4-2-3-16(11-17)19-20-18(27-24-19)7-10-28-20/h2-11,23,25H,12-14H2,1H3/t21-/m1/s1. The molecule has 2 N–H and O–H groups in total. The van der Waals surface area contributed by atoms with Crippen molar-refractivity contribution in [1.82, 2.24) is 15.5 Å². The zero-order valence-corrected chi connectivity index (χ0v) is 16.3. The van der Waals surface area contributed by atoms with E-state index in [2.05, 4.69) is 15.5 Å². The molecule has 0 radical (unpaired) electrons. The van der Waals surface area contributed by atoms with Gasteiger partial charge in [-0.15, -0.1) is 11.3 Å². The summed E-state index contributed by atoms with van der Waals surface area (Å²) in [5.74, 6) is 0.680. The van der Waals surface area contributed by atoms with E-state index >= 15 is 0 Å². The highest BCUT2D eigenvalue weighted by Crippen LogP contribution is 2.33. The summed E-state index contributed by atoms with van der Waals surface area (Å²) in [4.78, 5) is 4.00. The van der Waals surface area contributed by atoms with Crippen LogP contribution in [0.5, 0.6) is 5.75 Å². The molecule has 4 rings (SSSR count). The highest BCUT2D eigenvalue weighted by Gasteiger charge is 2.21. The fourth-order valence-electron chi connectivity index (χ4n) is 2.86. The summed E-state index contributed by atoms with van der Waals surface area (Å²) < 4.78 is 12.2. The van der Waals surface area contributed by atoms with Crippen LogP contribution >= 0.6 is 11.3 Å². The van der Waals surface area contributed by atoms with Gasteiger partial charge in [-0.1, -0.05) is 17.3 Å². The first-order valence-electron chi connectivity index (χ1n) is 8.99. The molecule has 0 aliphatic carbocycles. The van der Waals surface area contributed by atoms with Crippen LogP contribution in [0.2, 0.25) is 0 Å². The molecule has 0 bridgehead atoms. The van der Waals surface area contributed by atoms with E-state index in [0.717, 1.165) is 27.1 Å². The Bertz CT molecular complexity index is 1040. The molecule has 7 heteroatoms. The third kappa shape index (κ3) is 4.39. The number of ether oxygens (including phenoxy) is 1. The van der Waals surface area contributed by atoms with E-state index < -0.39 is 5.60 Å². The summed E-state index contributed by atoms with van der Waals surface area (Å²) in [6.07, 6.45) is 3.51. The van der Waals surface area contributed by atoms with Gasteiger partial charge in [-0.2, -0.15) is 0 Å². The van der Waals surface area contributed by atoms with Crippen molar-refractivity contribution >= 4 is 21.6 Å². The van der Waals surface area contributed by atoms with Crippen LogP contribution in [0.25, 0.3) is 21.5 Å². The van der Waals surface area contributed by atoms with Crippen LogP contribution < -0.4 is 10.1 Å². The van der Waals surface area contributed by atoms with E-state index in [-0.39, 0.29) is 6.61 Å². The van der Waals surface area contributed by atoms with E-state index in [1.54, 1.807) is 30.7 Å². The molecule has 3 aromatic heterocycles. The van der Waals surface area contributed by atoms with Gasteiger partial charge < -0.3 is 19.7 Å². The first kappa shape index (κ1) is 18.6. The molecule has 6 nitrogen and oxygen atoms in total. The molecular weight excluding hydrogens is 374 g/mol. The van der Waals surface area contributed by atoms with Crippen LogP contribution in [0.1, 0.15) is 12.5 Å². The van der Waals surface area contributed by atoms with Gasteiger partial charge in [-0.05, 0) is 48.2 Å². The minimum atomic E-state index is -1.00. The summed E-state index contributed by atoms with van der Waals surface area (Å²) in [5.41, 5.74) is 2.63. The molecule has 0 fully saturated rings. The van der Waals surface area contributed by atoms with Crippen LogP contribution in [-0.4, -0.2) is 34.0 Å². The number of nitrogens with zero attached hydrogens (tertiary/aromatic N) is 2. The van der Waals surface area contributed by atoms with Crippen molar-refractivity contribution in [2.75, 3.05) is 13.2 Å². The maximum absolute atomic E-state index is 10.6. The van der Waals surface area contributed by atoms with Crippen LogP contribution in [-0.2, 0) is 6.54 Å². The molecule has 3 heterocycles. The Hall–Kier alpha value is -2.74. The number of nitrogens with one attached hydrogen (secondary N) is 1. The first-order valence-corrected chi connectivity index (χ1v) is 9.87. The SMILES string of the molecule is C[C@@](O)(CNCc1ccncc1)COc1cccc(-c2noc3ccsc23)c1. The Morgan fingerprint density at radius 2 is 2.07 bits per heavy atom. The second-order valence-electron chi connectivity index (χ2n) is 6.92. The largest absolute Gasteiger partial charge is 0.491 e. The van der Waals surface area contributed by atoms with Gasteiger partial charge in [-0.25, -0.2) is 0 Å². The molecule has 0 aliphatic heterocycles. The summed E-state index contributed by atoms with van der Waals surface area (Å²) in [5, 5.41) is 20.0. The van der Waals surface area contributed by atoms with Crippen molar-refractivity contribution in [1.29, 1.82) is 0 Å². The van der Waals surface area contributed by atoms with E-state index in [4.69, 9.17) is 9.26 Å². The van der Waals surface area contributed by atoms with Crippen molar-refractivity contribution in [2.24, 2.45) is 0 Å². The van der Waals surface area contributed by atoms with E-state index in [1.165, 1.54) is 0 Å². The van der Waals surface area contributed by atoms with Crippen molar-refractivity contribution in [3.63, 3.8) is 0 Å². The Labute approximate surface area is 166 Å². The topological polar surface area (TPSA) is 80.4 Å². The minimum absolute atomic E-state index is 0.174. The van der Waals surface area contributed by atoms with Gasteiger partial charge in [-0.3, -0.25) is 4.98 Å². The number of aliphatic hydroxyl groups is 1. The van der Waals surface area contributed by atoms with Crippen LogP contribution in [0.4, 0.5) is 0 Å². The summed E-state index contributed by atoms with van der Waals surface area (Å²) in [6, 6.07) is 13.5. The Balaban J connectivity index is 1.36. The number of hydrogen-bond donors (Lipinski definition) is 2. The van der Waals surface area contributed by atoms with E-state index in [1.807, 2.05) is 47.8 Å². The fraction of sp³-hybridized carbons (Fsp3) is 0.238. The smallest absolute Gasteiger partial charge is 0.178 e. The van der Waals surface area contributed by atoms with Crippen molar-refractivity contribution in [2.45, 2.75) is 19.1 Å². The molecule has 1 atom stereocenters. The first-order chi connectivity index (χ1) is 13.6. The van der Waals surface area contributed by atoms with Gasteiger partial charge in [0.25, 0.3) is 0 Å². The lowest BCUT2D eigenvalue weighted by Crippen LogP contribution is -2.42. The summed E-state index contributed by atoms with van der Waals surface area (Å²) in [7, 11) is 0. The van der Waals surface area contributed by atoms with Crippen LogP contribution in [0, 0.1) is 0 Å². The Morgan fingerprint density at radius 3 is 2.93 bits per heavy atom. The monoisotopic (exact) mass is 395 g/mol. The van der Waals surface area contributed by atoms with Crippen LogP contribution in [0.15, 0.2) is 64.8 Å². The van der Waals surface area contributed by atoms with E-state index in [0.29, 0.717) is 18.8 Å². The second-order valence-corrected chi connectivity index (χ2v) is 7.83. The molecule has 28 heavy (non-hydrogen) atoms. The lowest BCUT2D eigenvalue weighted by atomic mass is 10.1. The van der Waals surface area contributed by atoms with E-state index in [9.17, 15) is 5.11 Å². The van der Waals surface area contributed by atoms with Gasteiger partial charge >= 0.3 is 0 Å². The van der Waals surface area contributed by atoms with Gasteiger partial charge in [0.05, 0.1) is 0 Å². The number of hydrogen-bond acceptors (Lipinski definition) is 7.